The van der Waals surface area contributed by atoms with Crippen molar-refractivity contribution < 1.29 is 9.47 Å². The Labute approximate surface area is 157 Å². The summed E-state index contributed by atoms with van der Waals surface area (Å²) in [4.78, 5) is 2.52. The van der Waals surface area contributed by atoms with Crippen LogP contribution in [0.1, 0.15) is 31.4 Å². The molecule has 1 N–H and O–H groups in total. The predicted molar refractivity (Wildman–Crippen MR) is 106 cm³/mol. The van der Waals surface area contributed by atoms with Gasteiger partial charge in [-0.1, -0.05) is 42.5 Å². The Bertz CT molecular complexity index is 688. The van der Waals surface area contributed by atoms with E-state index in [2.05, 4.69) is 46.6 Å². The first kappa shape index (κ1) is 18.7. The standard InChI is InChI=1S/C22H30N2O2/c1-17(2)26-22-19(10-7-11-21(22)25-3)14-23-20-12-13-24(16-20)15-18-8-5-4-6-9-18/h4-11,17,20,23H,12-16H2,1-3H3. The highest BCUT2D eigenvalue weighted by molar-refractivity contribution is 5.46. The summed E-state index contributed by atoms with van der Waals surface area (Å²) in [6.45, 7) is 8.13. The van der Waals surface area contributed by atoms with Crippen LogP contribution in [-0.2, 0) is 13.1 Å². The first-order chi connectivity index (χ1) is 12.7. The summed E-state index contributed by atoms with van der Waals surface area (Å²) in [7, 11) is 1.69. The molecule has 1 fully saturated rings. The molecular formula is C22H30N2O2. The molecule has 0 bridgehead atoms. The summed E-state index contributed by atoms with van der Waals surface area (Å²) in [5, 5.41) is 3.70. The second kappa shape index (κ2) is 9.06. The maximum Gasteiger partial charge on any atom is 0.166 e. The first-order valence-electron chi connectivity index (χ1n) is 9.48. The molecule has 0 saturated carbocycles. The van der Waals surface area contributed by atoms with E-state index in [1.807, 2.05) is 26.0 Å². The van der Waals surface area contributed by atoms with E-state index in [0.29, 0.717) is 6.04 Å². The molecule has 26 heavy (non-hydrogen) atoms. The molecule has 0 aliphatic carbocycles. The van der Waals surface area contributed by atoms with Crippen LogP contribution in [0.25, 0.3) is 0 Å². The number of rotatable bonds is 8. The third-order valence-corrected chi connectivity index (χ3v) is 4.74. The number of likely N-dealkylation sites (tertiary alicyclic amines) is 1. The fourth-order valence-corrected chi connectivity index (χ4v) is 3.47. The molecule has 0 amide bonds. The number of benzene rings is 2. The summed E-state index contributed by atoms with van der Waals surface area (Å²) in [6, 6.07) is 17.3. The SMILES string of the molecule is COc1cccc(CNC2CCN(Cc3ccccc3)C2)c1OC(C)C. The third kappa shape index (κ3) is 4.99. The van der Waals surface area contributed by atoms with Gasteiger partial charge in [-0.05, 0) is 31.9 Å². The maximum atomic E-state index is 6.01. The van der Waals surface area contributed by atoms with E-state index in [1.165, 1.54) is 12.0 Å². The van der Waals surface area contributed by atoms with Crippen molar-refractivity contribution in [2.45, 2.75) is 45.5 Å². The predicted octanol–water partition coefficient (Wildman–Crippen LogP) is 3.85. The van der Waals surface area contributed by atoms with Gasteiger partial charge in [-0.3, -0.25) is 4.90 Å². The highest BCUT2D eigenvalue weighted by atomic mass is 16.5. The van der Waals surface area contributed by atoms with E-state index in [4.69, 9.17) is 9.47 Å². The Morgan fingerprint density at radius 1 is 1.12 bits per heavy atom. The molecule has 3 rings (SSSR count). The summed E-state index contributed by atoms with van der Waals surface area (Å²) >= 11 is 0. The number of para-hydroxylation sites is 1. The van der Waals surface area contributed by atoms with Crippen LogP contribution in [0.3, 0.4) is 0 Å². The van der Waals surface area contributed by atoms with E-state index >= 15 is 0 Å². The lowest BCUT2D eigenvalue weighted by Gasteiger charge is -2.20. The molecular weight excluding hydrogens is 324 g/mol. The van der Waals surface area contributed by atoms with Gasteiger partial charge in [-0.2, -0.15) is 0 Å². The molecule has 1 heterocycles. The Kier molecular flexibility index (Phi) is 6.53. The third-order valence-electron chi connectivity index (χ3n) is 4.74. The fourth-order valence-electron chi connectivity index (χ4n) is 3.47. The Hall–Kier alpha value is -2.04. The number of hydrogen-bond acceptors (Lipinski definition) is 4. The van der Waals surface area contributed by atoms with Gasteiger partial charge in [0.15, 0.2) is 11.5 Å². The topological polar surface area (TPSA) is 33.7 Å². The smallest absolute Gasteiger partial charge is 0.166 e. The van der Waals surface area contributed by atoms with Crippen molar-refractivity contribution in [1.29, 1.82) is 0 Å². The van der Waals surface area contributed by atoms with Gasteiger partial charge >= 0.3 is 0 Å². The zero-order chi connectivity index (χ0) is 18.4. The number of ether oxygens (including phenoxy) is 2. The normalized spacial score (nSPS) is 17.6. The Morgan fingerprint density at radius 2 is 1.92 bits per heavy atom. The summed E-state index contributed by atoms with van der Waals surface area (Å²) in [6.07, 6.45) is 1.30. The average Bonchev–Trinajstić information content (AvgIpc) is 3.08. The lowest BCUT2D eigenvalue weighted by molar-refractivity contribution is 0.227. The fraction of sp³-hybridized carbons (Fsp3) is 0.455. The van der Waals surface area contributed by atoms with Crippen molar-refractivity contribution in [2.24, 2.45) is 0 Å². The second-order valence-corrected chi connectivity index (χ2v) is 7.20. The molecule has 1 aliphatic rings. The van der Waals surface area contributed by atoms with Crippen LogP contribution in [0.2, 0.25) is 0 Å². The number of hydrogen-bond donors (Lipinski definition) is 1. The van der Waals surface area contributed by atoms with Crippen molar-refractivity contribution in [1.82, 2.24) is 10.2 Å². The van der Waals surface area contributed by atoms with Crippen LogP contribution in [0, 0.1) is 0 Å². The minimum atomic E-state index is 0.123. The minimum absolute atomic E-state index is 0.123. The van der Waals surface area contributed by atoms with E-state index in [1.54, 1.807) is 7.11 Å². The molecule has 0 radical (unpaired) electrons. The Balaban J connectivity index is 1.56. The minimum Gasteiger partial charge on any atom is -0.493 e. The van der Waals surface area contributed by atoms with Crippen LogP contribution < -0.4 is 14.8 Å². The molecule has 2 aromatic carbocycles. The van der Waals surface area contributed by atoms with Gasteiger partial charge in [0.1, 0.15) is 0 Å². The molecule has 4 nitrogen and oxygen atoms in total. The number of nitrogens with zero attached hydrogens (tertiary/aromatic N) is 1. The average molecular weight is 354 g/mol. The van der Waals surface area contributed by atoms with Crippen LogP contribution in [0.4, 0.5) is 0 Å². The zero-order valence-electron chi connectivity index (χ0n) is 16.1. The van der Waals surface area contributed by atoms with E-state index in [9.17, 15) is 0 Å². The van der Waals surface area contributed by atoms with Gasteiger partial charge in [-0.25, -0.2) is 0 Å². The van der Waals surface area contributed by atoms with Gasteiger partial charge in [0.2, 0.25) is 0 Å². The monoisotopic (exact) mass is 354 g/mol. The molecule has 0 spiro atoms. The summed E-state index contributed by atoms with van der Waals surface area (Å²) in [5.74, 6) is 1.66. The quantitative estimate of drug-likeness (QED) is 0.781. The van der Waals surface area contributed by atoms with E-state index in [-0.39, 0.29) is 6.10 Å². The molecule has 2 aromatic rings. The van der Waals surface area contributed by atoms with Gasteiger partial charge in [0, 0.05) is 37.8 Å². The van der Waals surface area contributed by atoms with Crippen molar-refractivity contribution in [2.75, 3.05) is 20.2 Å². The van der Waals surface area contributed by atoms with Crippen molar-refractivity contribution >= 4 is 0 Å². The first-order valence-corrected chi connectivity index (χ1v) is 9.48. The summed E-state index contributed by atoms with van der Waals surface area (Å²) < 4.78 is 11.5. The maximum absolute atomic E-state index is 6.01. The van der Waals surface area contributed by atoms with Crippen LogP contribution in [0.15, 0.2) is 48.5 Å². The highest BCUT2D eigenvalue weighted by Gasteiger charge is 2.22. The number of methoxy groups -OCH3 is 1. The van der Waals surface area contributed by atoms with Gasteiger partial charge in [0.05, 0.1) is 13.2 Å². The van der Waals surface area contributed by atoms with Crippen LogP contribution >= 0.6 is 0 Å². The lowest BCUT2D eigenvalue weighted by atomic mass is 10.1. The highest BCUT2D eigenvalue weighted by Crippen LogP contribution is 2.32. The zero-order valence-corrected chi connectivity index (χ0v) is 16.1. The van der Waals surface area contributed by atoms with Gasteiger partial charge < -0.3 is 14.8 Å². The molecule has 0 aromatic heterocycles. The molecule has 1 unspecified atom stereocenters. The lowest BCUT2D eigenvalue weighted by Crippen LogP contribution is -2.32. The Morgan fingerprint density at radius 3 is 2.65 bits per heavy atom. The summed E-state index contributed by atoms with van der Waals surface area (Å²) in [5.41, 5.74) is 2.54. The largest absolute Gasteiger partial charge is 0.493 e. The second-order valence-electron chi connectivity index (χ2n) is 7.20. The molecule has 1 saturated heterocycles. The van der Waals surface area contributed by atoms with E-state index in [0.717, 1.165) is 43.2 Å². The van der Waals surface area contributed by atoms with Crippen molar-refractivity contribution in [3.05, 3.63) is 59.7 Å². The van der Waals surface area contributed by atoms with Crippen molar-refractivity contribution in [3.8, 4) is 11.5 Å². The van der Waals surface area contributed by atoms with Crippen LogP contribution in [-0.4, -0.2) is 37.2 Å². The van der Waals surface area contributed by atoms with Gasteiger partial charge in [-0.15, -0.1) is 0 Å². The molecule has 1 atom stereocenters. The number of nitrogens with one attached hydrogen (secondary N) is 1. The van der Waals surface area contributed by atoms with Gasteiger partial charge in [0.25, 0.3) is 0 Å². The van der Waals surface area contributed by atoms with Crippen LogP contribution in [0.5, 0.6) is 11.5 Å². The molecule has 1 aliphatic heterocycles. The van der Waals surface area contributed by atoms with Crippen molar-refractivity contribution in [3.63, 3.8) is 0 Å². The molecule has 4 heteroatoms. The molecule has 140 valence electrons. The van der Waals surface area contributed by atoms with E-state index < -0.39 is 0 Å².